The van der Waals surface area contributed by atoms with E-state index in [0.29, 0.717) is 23.2 Å². The van der Waals surface area contributed by atoms with E-state index in [1.165, 1.54) is 0 Å². The predicted molar refractivity (Wildman–Crippen MR) is 139 cm³/mol. The van der Waals surface area contributed by atoms with Gasteiger partial charge in [-0.05, 0) is 23.3 Å². The van der Waals surface area contributed by atoms with Crippen molar-refractivity contribution in [1.82, 2.24) is 5.32 Å². The highest BCUT2D eigenvalue weighted by Gasteiger charge is 2.48. The Kier molecular flexibility index (Phi) is 7.40. The Morgan fingerprint density at radius 3 is 1.97 bits per heavy atom. The number of piperidine rings is 3. The molecule has 0 aromatic heterocycles. The highest BCUT2D eigenvalue weighted by atomic mass is 16.6. The number of carbonyl (C=O) groups is 2. The molecule has 3 aliphatic heterocycles. The second kappa shape index (κ2) is 10.9. The second-order valence-electron chi connectivity index (χ2n) is 10.4. The van der Waals surface area contributed by atoms with E-state index in [2.05, 4.69) is 5.32 Å². The van der Waals surface area contributed by atoms with Crippen LogP contribution in [0, 0.1) is 5.92 Å². The number of benzene rings is 3. The lowest BCUT2D eigenvalue weighted by molar-refractivity contribution is -0.946. The van der Waals surface area contributed by atoms with Crippen molar-refractivity contribution < 1.29 is 23.9 Å². The molecule has 0 radical (unpaired) electrons. The molecule has 1 unspecified atom stereocenters. The van der Waals surface area contributed by atoms with E-state index in [4.69, 9.17) is 4.74 Å². The van der Waals surface area contributed by atoms with Gasteiger partial charge in [-0.3, -0.25) is 9.59 Å². The fourth-order valence-electron chi connectivity index (χ4n) is 5.95. The zero-order chi connectivity index (χ0) is 25.7. The molecule has 3 aromatic rings. The van der Waals surface area contributed by atoms with Crippen LogP contribution in [0.1, 0.15) is 40.7 Å². The lowest BCUT2D eigenvalue weighted by atomic mass is 9.82. The molecule has 3 saturated heterocycles. The van der Waals surface area contributed by atoms with Crippen LogP contribution in [0.3, 0.4) is 0 Å². The SMILES string of the molecule is O=C(NCCC[N+]12CCC(CC1)C(OC(=O)C([O-])(c1ccccc1)c1ccccc1)C2)c1ccccc1. The van der Waals surface area contributed by atoms with Gasteiger partial charge in [-0.1, -0.05) is 78.9 Å². The van der Waals surface area contributed by atoms with Crippen molar-refractivity contribution in [2.75, 3.05) is 32.7 Å². The number of esters is 1. The number of fused-ring (bicyclic) bond motifs is 3. The van der Waals surface area contributed by atoms with E-state index < -0.39 is 11.6 Å². The number of hydrogen-bond donors (Lipinski definition) is 1. The summed E-state index contributed by atoms with van der Waals surface area (Å²) in [7, 11) is 0. The molecule has 3 heterocycles. The minimum Gasteiger partial charge on any atom is -0.834 e. The molecule has 3 aromatic carbocycles. The zero-order valence-electron chi connectivity index (χ0n) is 21.1. The number of ether oxygens (including phenoxy) is 1. The van der Waals surface area contributed by atoms with Crippen LogP contribution < -0.4 is 10.4 Å². The first-order valence-electron chi connectivity index (χ1n) is 13.2. The normalized spacial score (nSPS) is 22.8. The van der Waals surface area contributed by atoms with Gasteiger partial charge < -0.3 is 19.6 Å². The standard InChI is InChI=1S/C31H34N2O4/c34-29(25-11-4-1-5-12-25)32-19-10-20-33-21-17-24(18-22-33)28(23-33)37-30(35)31(36,26-13-6-2-7-14-26)27-15-8-3-9-16-27/h1-9,11-16,24,28H,10,17-23H2,(H,32,34). The maximum atomic E-state index is 14.2. The zero-order valence-corrected chi connectivity index (χ0v) is 21.1. The van der Waals surface area contributed by atoms with Crippen LogP contribution in [0.25, 0.3) is 0 Å². The predicted octanol–water partition coefficient (Wildman–Crippen LogP) is 3.26. The summed E-state index contributed by atoms with van der Waals surface area (Å²) in [5, 5.41) is 17.3. The molecule has 3 aliphatic rings. The first-order chi connectivity index (χ1) is 18.0. The van der Waals surface area contributed by atoms with Crippen molar-refractivity contribution in [2.24, 2.45) is 5.92 Å². The monoisotopic (exact) mass is 498 g/mol. The van der Waals surface area contributed by atoms with Crippen LogP contribution in [0.2, 0.25) is 0 Å². The molecule has 37 heavy (non-hydrogen) atoms. The third-order valence-corrected chi connectivity index (χ3v) is 8.08. The summed E-state index contributed by atoms with van der Waals surface area (Å²) < 4.78 is 6.96. The molecule has 1 amide bonds. The minimum atomic E-state index is -2.11. The van der Waals surface area contributed by atoms with Gasteiger partial charge in [0.05, 0.1) is 19.6 Å². The Morgan fingerprint density at radius 2 is 1.41 bits per heavy atom. The number of quaternary nitrogens is 1. The van der Waals surface area contributed by atoms with Crippen LogP contribution in [-0.4, -0.2) is 55.2 Å². The van der Waals surface area contributed by atoms with Crippen molar-refractivity contribution in [3.63, 3.8) is 0 Å². The molecular weight excluding hydrogens is 464 g/mol. The summed E-state index contributed by atoms with van der Waals surface area (Å²) in [6, 6.07) is 26.9. The number of nitrogens with one attached hydrogen (secondary N) is 1. The fraction of sp³-hybridized carbons (Fsp3) is 0.355. The van der Waals surface area contributed by atoms with E-state index in [0.717, 1.165) is 49.9 Å². The highest BCUT2D eigenvalue weighted by Crippen LogP contribution is 2.37. The van der Waals surface area contributed by atoms with Crippen molar-refractivity contribution in [1.29, 1.82) is 0 Å². The summed E-state index contributed by atoms with van der Waals surface area (Å²) >= 11 is 0. The largest absolute Gasteiger partial charge is 0.834 e. The average molecular weight is 499 g/mol. The molecule has 3 fully saturated rings. The number of hydrogen-bond acceptors (Lipinski definition) is 4. The van der Waals surface area contributed by atoms with Gasteiger partial charge in [-0.25, -0.2) is 0 Å². The molecule has 6 nitrogen and oxygen atoms in total. The summed E-state index contributed by atoms with van der Waals surface area (Å²) in [6.07, 6.45) is 2.55. The Hall–Kier alpha value is -3.48. The maximum absolute atomic E-state index is 14.2. The van der Waals surface area contributed by atoms with Crippen LogP contribution in [0.15, 0.2) is 91.0 Å². The molecule has 0 spiro atoms. The molecular formula is C31H34N2O4. The number of nitrogens with zero attached hydrogens (tertiary/aromatic N) is 1. The maximum Gasteiger partial charge on any atom is 0.304 e. The van der Waals surface area contributed by atoms with Gasteiger partial charge in [0.25, 0.3) is 5.91 Å². The number of carbonyl (C=O) groups excluding carboxylic acids is 2. The quantitative estimate of drug-likeness (QED) is 0.279. The summed E-state index contributed by atoms with van der Waals surface area (Å²) in [6.45, 7) is 4.34. The van der Waals surface area contributed by atoms with Crippen molar-refractivity contribution in [3.8, 4) is 0 Å². The second-order valence-corrected chi connectivity index (χ2v) is 10.4. The van der Waals surface area contributed by atoms with Crippen molar-refractivity contribution in [3.05, 3.63) is 108 Å². The van der Waals surface area contributed by atoms with Gasteiger partial charge in [0.2, 0.25) is 0 Å². The van der Waals surface area contributed by atoms with Gasteiger partial charge in [-0.2, -0.15) is 0 Å². The third-order valence-electron chi connectivity index (χ3n) is 8.08. The van der Waals surface area contributed by atoms with Gasteiger partial charge in [-0.15, -0.1) is 0 Å². The van der Waals surface area contributed by atoms with Crippen molar-refractivity contribution >= 4 is 11.9 Å². The van der Waals surface area contributed by atoms with E-state index >= 15 is 0 Å². The lowest BCUT2D eigenvalue weighted by Crippen LogP contribution is -2.65. The smallest absolute Gasteiger partial charge is 0.304 e. The first kappa shape index (κ1) is 25.2. The average Bonchev–Trinajstić information content (AvgIpc) is 2.96. The molecule has 6 heteroatoms. The van der Waals surface area contributed by atoms with Crippen LogP contribution in [0.5, 0.6) is 0 Å². The highest BCUT2D eigenvalue weighted by molar-refractivity contribution is 5.94. The summed E-state index contributed by atoms with van der Waals surface area (Å²) in [5.41, 5.74) is -0.657. The van der Waals surface area contributed by atoms with Gasteiger partial charge >= 0.3 is 5.97 Å². The third kappa shape index (κ3) is 5.31. The van der Waals surface area contributed by atoms with E-state index in [1.54, 1.807) is 48.5 Å². The molecule has 192 valence electrons. The Bertz CT molecular complexity index is 1150. The fourth-order valence-corrected chi connectivity index (χ4v) is 5.95. The minimum absolute atomic E-state index is 0.0571. The van der Waals surface area contributed by atoms with Gasteiger partial charge in [0.15, 0.2) is 6.10 Å². The van der Waals surface area contributed by atoms with Crippen LogP contribution in [-0.2, 0) is 15.1 Å². The summed E-state index contributed by atoms with van der Waals surface area (Å²) in [4.78, 5) is 25.9. The molecule has 1 N–H and O–H groups in total. The molecule has 1 atom stereocenters. The van der Waals surface area contributed by atoms with E-state index in [1.807, 2.05) is 42.5 Å². The Morgan fingerprint density at radius 1 is 0.865 bits per heavy atom. The Balaban J connectivity index is 1.24. The lowest BCUT2D eigenvalue weighted by Gasteiger charge is -2.53. The number of amides is 1. The van der Waals surface area contributed by atoms with E-state index in [9.17, 15) is 14.7 Å². The molecule has 2 bridgehead atoms. The first-order valence-corrected chi connectivity index (χ1v) is 13.2. The topological polar surface area (TPSA) is 78.5 Å². The molecule has 6 rings (SSSR count). The Labute approximate surface area is 218 Å². The van der Waals surface area contributed by atoms with Gasteiger partial charge in [0.1, 0.15) is 6.54 Å². The molecule has 0 saturated carbocycles. The van der Waals surface area contributed by atoms with Crippen LogP contribution >= 0.6 is 0 Å². The number of rotatable bonds is 9. The molecule has 0 aliphatic carbocycles. The van der Waals surface area contributed by atoms with Gasteiger partial charge in [0, 0.05) is 42.9 Å². The summed E-state index contributed by atoms with van der Waals surface area (Å²) in [5.74, 6) is -0.493. The van der Waals surface area contributed by atoms with E-state index in [-0.39, 0.29) is 17.9 Å². The van der Waals surface area contributed by atoms with Crippen LogP contribution in [0.4, 0.5) is 0 Å². The van der Waals surface area contributed by atoms with Crippen molar-refractivity contribution in [2.45, 2.75) is 31.0 Å².